The van der Waals surface area contributed by atoms with E-state index in [0.717, 1.165) is 18.9 Å². The first kappa shape index (κ1) is 15.6. The van der Waals surface area contributed by atoms with Crippen molar-refractivity contribution in [3.05, 3.63) is 11.6 Å². The molecular weight excluding hydrogens is 236 g/mol. The fourth-order valence-electron chi connectivity index (χ4n) is 1.63. The number of hydrogen-bond donors (Lipinski definition) is 1. The van der Waals surface area contributed by atoms with Gasteiger partial charge in [-0.1, -0.05) is 12.5 Å². The van der Waals surface area contributed by atoms with Crippen LogP contribution in [0.5, 0.6) is 0 Å². The van der Waals surface area contributed by atoms with Crippen molar-refractivity contribution in [2.75, 3.05) is 0 Å². The van der Waals surface area contributed by atoms with E-state index in [9.17, 15) is 4.79 Å². The van der Waals surface area contributed by atoms with Gasteiger partial charge in [0.05, 0.1) is 0 Å². The lowest BCUT2D eigenvalue weighted by Crippen LogP contribution is -2.34. The Bertz CT molecular complexity index is 260. The van der Waals surface area contributed by atoms with Crippen LogP contribution in [0.25, 0.3) is 0 Å². The van der Waals surface area contributed by atoms with Crippen molar-refractivity contribution in [1.29, 1.82) is 0 Å². The third-order valence-electron chi connectivity index (χ3n) is 2.33. The van der Waals surface area contributed by atoms with Crippen LogP contribution in [0.15, 0.2) is 11.6 Å². The monoisotopic (exact) mass is 260 g/mol. The van der Waals surface area contributed by atoms with E-state index in [1.807, 2.05) is 0 Å². The minimum absolute atomic E-state index is 0.443. The van der Waals surface area contributed by atoms with E-state index in [1.54, 1.807) is 13.0 Å². The van der Waals surface area contributed by atoms with E-state index in [0.29, 0.717) is 5.57 Å². The standard InChI is InChI=1S/C11H24O3Si2/c1-10(11(12)13)8-6-7-9-16(4,5)14-15(2)3/h8,15H,6-7,9H2,1-5H3,(H,12,13)/b10-8+. The fraction of sp³-hybridized carbons (Fsp3) is 0.727. The van der Waals surface area contributed by atoms with E-state index in [1.165, 1.54) is 0 Å². The summed E-state index contributed by atoms with van der Waals surface area (Å²) >= 11 is 0. The Morgan fingerprint density at radius 1 is 1.44 bits per heavy atom. The summed E-state index contributed by atoms with van der Waals surface area (Å²) in [7, 11) is -2.41. The van der Waals surface area contributed by atoms with Gasteiger partial charge < -0.3 is 9.22 Å². The highest BCUT2D eigenvalue weighted by Gasteiger charge is 2.22. The second-order valence-corrected chi connectivity index (χ2v) is 12.1. The molecule has 0 spiro atoms. The van der Waals surface area contributed by atoms with Crippen molar-refractivity contribution >= 4 is 23.3 Å². The lowest BCUT2D eigenvalue weighted by atomic mass is 10.2. The zero-order valence-corrected chi connectivity index (χ0v) is 13.2. The van der Waals surface area contributed by atoms with E-state index in [2.05, 4.69) is 26.2 Å². The molecule has 0 aromatic rings. The maximum Gasteiger partial charge on any atom is 0.330 e. The van der Waals surface area contributed by atoms with Crippen LogP contribution in [-0.2, 0) is 8.91 Å². The highest BCUT2D eigenvalue weighted by atomic mass is 28.4. The van der Waals surface area contributed by atoms with Crippen LogP contribution in [0, 0.1) is 0 Å². The second-order valence-electron chi connectivity index (χ2n) is 5.01. The lowest BCUT2D eigenvalue weighted by Gasteiger charge is -2.25. The molecule has 0 unspecified atom stereocenters. The zero-order chi connectivity index (χ0) is 12.8. The lowest BCUT2D eigenvalue weighted by molar-refractivity contribution is -0.132. The molecule has 0 radical (unpaired) electrons. The van der Waals surface area contributed by atoms with Crippen LogP contribution in [0.1, 0.15) is 19.8 Å². The SMILES string of the molecule is C/C(=C\CCC[Si](C)(C)O[SiH](C)C)C(=O)O. The summed E-state index contributed by atoms with van der Waals surface area (Å²) in [5.41, 5.74) is 0.443. The molecule has 0 saturated carbocycles. The summed E-state index contributed by atoms with van der Waals surface area (Å²) in [5, 5.41) is 8.68. The summed E-state index contributed by atoms with van der Waals surface area (Å²) in [5.74, 6) is -0.817. The number of allylic oxidation sites excluding steroid dienone is 1. The molecular formula is C11H24O3Si2. The highest BCUT2D eigenvalue weighted by molar-refractivity contribution is 6.77. The van der Waals surface area contributed by atoms with Crippen molar-refractivity contribution in [3.8, 4) is 0 Å². The Morgan fingerprint density at radius 3 is 2.44 bits per heavy atom. The third kappa shape index (κ3) is 7.84. The molecule has 5 heteroatoms. The maximum atomic E-state index is 10.6. The number of carboxylic acid groups (broad SMARTS) is 1. The molecule has 0 aliphatic heterocycles. The van der Waals surface area contributed by atoms with E-state index in [-0.39, 0.29) is 0 Å². The van der Waals surface area contributed by atoms with Gasteiger partial charge >= 0.3 is 5.97 Å². The van der Waals surface area contributed by atoms with Gasteiger partial charge in [-0.05, 0) is 45.6 Å². The molecule has 0 aliphatic rings. The van der Waals surface area contributed by atoms with E-state index >= 15 is 0 Å². The quantitative estimate of drug-likeness (QED) is 0.435. The molecule has 0 bridgehead atoms. The van der Waals surface area contributed by atoms with Gasteiger partial charge in [-0.2, -0.15) is 0 Å². The summed E-state index contributed by atoms with van der Waals surface area (Å²) in [6, 6.07) is 1.11. The van der Waals surface area contributed by atoms with Gasteiger partial charge in [-0.15, -0.1) is 0 Å². The first-order valence-electron chi connectivity index (χ1n) is 5.82. The molecule has 0 rings (SSSR count). The molecule has 0 heterocycles. The predicted molar refractivity (Wildman–Crippen MR) is 72.9 cm³/mol. The Labute approximate surface area is 101 Å². The zero-order valence-electron chi connectivity index (χ0n) is 11.0. The number of carbonyl (C=O) groups is 1. The van der Waals surface area contributed by atoms with Crippen LogP contribution < -0.4 is 0 Å². The van der Waals surface area contributed by atoms with Crippen molar-refractivity contribution in [1.82, 2.24) is 0 Å². The number of hydrogen-bond acceptors (Lipinski definition) is 2. The van der Waals surface area contributed by atoms with Crippen molar-refractivity contribution in [2.24, 2.45) is 0 Å². The predicted octanol–water partition coefficient (Wildman–Crippen LogP) is 3.00. The molecule has 0 atom stereocenters. The van der Waals surface area contributed by atoms with Crippen molar-refractivity contribution in [2.45, 2.75) is 52.0 Å². The topological polar surface area (TPSA) is 46.5 Å². The average molecular weight is 260 g/mol. The van der Waals surface area contributed by atoms with Crippen LogP contribution in [0.3, 0.4) is 0 Å². The molecule has 0 amide bonds. The van der Waals surface area contributed by atoms with Crippen LogP contribution in [-0.4, -0.2) is 28.4 Å². The minimum Gasteiger partial charge on any atom is -0.478 e. The first-order chi connectivity index (χ1) is 7.24. The molecule has 1 N–H and O–H groups in total. The Kier molecular flexibility index (Phi) is 6.86. The summed E-state index contributed by atoms with van der Waals surface area (Å²) in [4.78, 5) is 10.6. The second kappa shape index (κ2) is 7.03. The number of rotatable bonds is 7. The molecule has 0 aliphatic carbocycles. The number of unbranched alkanes of at least 4 members (excludes halogenated alkanes) is 1. The van der Waals surface area contributed by atoms with Gasteiger partial charge in [0.2, 0.25) is 0 Å². The molecule has 94 valence electrons. The smallest absolute Gasteiger partial charge is 0.330 e. The van der Waals surface area contributed by atoms with Crippen LogP contribution in [0.4, 0.5) is 0 Å². The van der Waals surface area contributed by atoms with Crippen molar-refractivity contribution < 1.29 is 14.0 Å². The first-order valence-corrected chi connectivity index (χ1v) is 11.7. The fourth-order valence-corrected chi connectivity index (χ4v) is 8.26. The molecule has 0 aromatic carbocycles. The highest BCUT2D eigenvalue weighted by Crippen LogP contribution is 2.17. The van der Waals surface area contributed by atoms with E-state index in [4.69, 9.17) is 9.22 Å². The number of carboxylic acids is 1. The Hall–Kier alpha value is -0.396. The molecule has 0 fully saturated rings. The Morgan fingerprint density at radius 2 is 2.00 bits per heavy atom. The Balaban J connectivity index is 3.90. The van der Waals surface area contributed by atoms with Crippen molar-refractivity contribution in [3.63, 3.8) is 0 Å². The van der Waals surface area contributed by atoms with Gasteiger partial charge in [-0.3, -0.25) is 0 Å². The normalized spacial score (nSPS) is 13.2. The average Bonchev–Trinajstić information content (AvgIpc) is 2.09. The summed E-state index contributed by atoms with van der Waals surface area (Å²) in [6.45, 7) is 10.5. The maximum absolute atomic E-state index is 10.6. The van der Waals surface area contributed by atoms with E-state index < -0.39 is 23.3 Å². The van der Waals surface area contributed by atoms with Crippen LogP contribution >= 0.6 is 0 Å². The third-order valence-corrected chi connectivity index (χ3v) is 8.32. The molecule has 16 heavy (non-hydrogen) atoms. The largest absolute Gasteiger partial charge is 0.478 e. The van der Waals surface area contributed by atoms with Gasteiger partial charge in [-0.25, -0.2) is 4.79 Å². The van der Waals surface area contributed by atoms with Gasteiger partial charge in [0.15, 0.2) is 17.4 Å². The molecule has 0 saturated heterocycles. The number of aliphatic carboxylic acids is 1. The van der Waals surface area contributed by atoms with Gasteiger partial charge in [0.1, 0.15) is 0 Å². The molecule has 0 aromatic heterocycles. The summed E-state index contributed by atoms with van der Waals surface area (Å²) < 4.78 is 6.03. The van der Waals surface area contributed by atoms with Gasteiger partial charge in [0.25, 0.3) is 0 Å². The van der Waals surface area contributed by atoms with Gasteiger partial charge in [0, 0.05) is 5.57 Å². The minimum atomic E-state index is -1.48. The van der Waals surface area contributed by atoms with Crippen LogP contribution in [0.2, 0.25) is 32.2 Å². The molecule has 3 nitrogen and oxygen atoms in total. The summed E-state index contributed by atoms with van der Waals surface area (Å²) in [6.07, 6.45) is 3.68.